The van der Waals surface area contributed by atoms with Crippen molar-refractivity contribution in [2.45, 2.75) is 26.5 Å². The molecule has 1 aliphatic rings. The molecule has 1 heterocycles. The van der Waals surface area contributed by atoms with E-state index < -0.39 is 0 Å². The van der Waals surface area contributed by atoms with Crippen LogP contribution in [0.4, 0.5) is 0 Å². The first kappa shape index (κ1) is 14.6. The van der Waals surface area contributed by atoms with Gasteiger partial charge in [0.05, 0.1) is 6.04 Å². The van der Waals surface area contributed by atoms with E-state index in [1.807, 2.05) is 42.5 Å². The summed E-state index contributed by atoms with van der Waals surface area (Å²) in [5.41, 5.74) is 2.17. The molecule has 1 aliphatic heterocycles. The third-order valence-electron chi connectivity index (χ3n) is 3.79. The summed E-state index contributed by atoms with van der Waals surface area (Å²) in [6, 6.07) is 18.4. The lowest BCUT2D eigenvalue weighted by Gasteiger charge is -2.07. The fraction of sp³-hybridized carbons (Fsp3) is 0.316. The van der Waals surface area contributed by atoms with Crippen molar-refractivity contribution in [1.82, 2.24) is 0 Å². The summed E-state index contributed by atoms with van der Waals surface area (Å²) in [7, 11) is 0. The standard InChI is InChI=1S/C19H21NO2/c1-14(2)18-13-22-19(20-18)16-8-10-17(11-9-16)21-12-15-6-4-3-5-7-15/h3-11,14,18H,12-13H2,1-2H3/t18-/m1/s1. The first-order valence-corrected chi connectivity index (χ1v) is 7.70. The highest BCUT2D eigenvalue weighted by atomic mass is 16.5. The molecule has 0 saturated heterocycles. The van der Waals surface area contributed by atoms with Crippen LogP contribution in [-0.4, -0.2) is 18.5 Å². The van der Waals surface area contributed by atoms with Crippen LogP contribution < -0.4 is 4.74 Å². The minimum absolute atomic E-state index is 0.268. The smallest absolute Gasteiger partial charge is 0.216 e. The minimum Gasteiger partial charge on any atom is -0.489 e. The predicted molar refractivity (Wildman–Crippen MR) is 88.3 cm³/mol. The van der Waals surface area contributed by atoms with E-state index in [0.717, 1.165) is 22.8 Å². The summed E-state index contributed by atoms with van der Waals surface area (Å²) in [5, 5.41) is 0. The molecule has 0 N–H and O–H groups in total. The predicted octanol–water partition coefficient (Wildman–Crippen LogP) is 4.07. The quantitative estimate of drug-likeness (QED) is 0.832. The summed E-state index contributed by atoms with van der Waals surface area (Å²) in [4.78, 5) is 4.63. The SMILES string of the molecule is CC(C)[C@H]1COC(c2ccc(OCc3ccccc3)cc2)=N1. The van der Waals surface area contributed by atoms with Gasteiger partial charge in [-0.1, -0.05) is 44.2 Å². The number of hydrogen-bond donors (Lipinski definition) is 0. The Kier molecular flexibility index (Phi) is 4.42. The van der Waals surface area contributed by atoms with Crippen molar-refractivity contribution in [2.24, 2.45) is 10.9 Å². The summed E-state index contributed by atoms with van der Waals surface area (Å²) in [6.07, 6.45) is 0. The van der Waals surface area contributed by atoms with Crippen LogP contribution in [0.25, 0.3) is 0 Å². The summed E-state index contributed by atoms with van der Waals surface area (Å²) in [6.45, 7) is 5.59. The molecule has 1 atom stereocenters. The Hall–Kier alpha value is -2.29. The molecular weight excluding hydrogens is 274 g/mol. The molecule has 2 aromatic rings. The van der Waals surface area contributed by atoms with Crippen LogP contribution in [0.5, 0.6) is 5.75 Å². The van der Waals surface area contributed by atoms with Crippen molar-refractivity contribution in [3.63, 3.8) is 0 Å². The highest BCUT2D eigenvalue weighted by molar-refractivity contribution is 5.95. The summed E-state index contributed by atoms with van der Waals surface area (Å²) < 4.78 is 11.5. The Morgan fingerprint density at radius 3 is 2.45 bits per heavy atom. The van der Waals surface area contributed by atoms with E-state index in [0.29, 0.717) is 19.1 Å². The summed E-state index contributed by atoms with van der Waals surface area (Å²) >= 11 is 0. The number of nitrogens with zero attached hydrogens (tertiary/aromatic N) is 1. The van der Waals surface area contributed by atoms with Crippen LogP contribution in [-0.2, 0) is 11.3 Å². The lowest BCUT2D eigenvalue weighted by atomic mass is 10.1. The van der Waals surface area contributed by atoms with Crippen LogP contribution >= 0.6 is 0 Å². The van der Waals surface area contributed by atoms with Crippen molar-refractivity contribution < 1.29 is 9.47 Å². The first-order valence-electron chi connectivity index (χ1n) is 7.70. The zero-order valence-electron chi connectivity index (χ0n) is 13.0. The Balaban J connectivity index is 1.62. The molecular formula is C19H21NO2. The van der Waals surface area contributed by atoms with Gasteiger partial charge in [0, 0.05) is 5.56 Å². The largest absolute Gasteiger partial charge is 0.489 e. The second-order valence-corrected chi connectivity index (χ2v) is 5.86. The second-order valence-electron chi connectivity index (χ2n) is 5.86. The molecule has 22 heavy (non-hydrogen) atoms. The lowest BCUT2D eigenvalue weighted by molar-refractivity contribution is 0.291. The Bertz CT molecular complexity index is 632. The van der Waals surface area contributed by atoms with Gasteiger partial charge in [-0.15, -0.1) is 0 Å². The van der Waals surface area contributed by atoms with Crippen LogP contribution in [0.1, 0.15) is 25.0 Å². The second kappa shape index (κ2) is 6.65. The van der Waals surface area contributed by atoms with Gasteiger partial charge in [0.2, 0.25) is 5.90 Å². The van der Waals surface area contributed by atoms with Gasteiger partial charge < -0.3 is 9.47 Å². The molecule has 0 fully saturated rings. The molecule has 0 aliphatic carbocycles. The maximum Gasteiger partial charge on any atom is 0.216 e. The number of ether oxygens (including phenoxy) is 2. The monoisotopic (exact) mass is 295 g/mol. The van der Waals surface area contributed by atoms with Gasteiger partial charge in [-0.3, -0.25) is 0 Å². The molecule has 0 unspecified atom stereocenters. The van der Waals surface area contributed by atoms with Gasteiger partial charge in [-0.25, -0.2) is 4.99 Å². The van der Waals surface area contributed by atoms with E-state index in [1.165, 1.54) is 0 Å². The van der Waals surface area contributed by atoms with Gasteiger partial charge in [0.25, 0.3) is 0 Å². The number of rotatable bonds is 5. The van der Waals surface area contributed by atoms with Gasteiger partial charge in [0.1, 0.15) is 19.0 Å². The van der Waals surface area contributed by atoms with Crippen molar-refractivity contribution in [1.29, 1.82) is 0 Å². The zero-order valence-corrected chi connectivity index (χ0v) is 13.0. The van der Waals surface area contributed by atoms with Crippen LogP contribution in [0, 0.1) is 5.92 Å². The van der Waals surface area contributed by atoms with E-state index in [9.17, 15) is 0 Å². The van der Waals surface area contributed by atoms with E-state index in [1.54, 1.807) is 0 Å². The molecule has 0 saturated carbocycles. The van der Waals surface area contributed by atoms with Crippen LogP contribution in [0.3, 0.4) is 0 Å². The Labute approximate surface area is 131 Å². The number of hydrogen-bond acceptors (Lipinski definition) is 3. The lowest BCUT2D eigenvalue weighted by Crippen LogP contribution is -2.13. The average Bonchev–Trinajstić information content (AvgIpc) is 3.05. The van der Waals surface area contributed by atoms with E-state index >= 15 is 0 Å². The highest BCUT2D eigenvalue weighted by Crippen LogP contribution is 2.20. The highest BCUT2D eigenvalue weighted by Gasteiger charge is 2.22. The molecule has 0 radical (unpaired) electrons. The fourth-order valence-electron chi connectivity index (χ4n) is 2.32. The molecule has 0 spiro atoms. The van der Waals surface area contributed by atoms with Crippen molar-refractivity contribution in [3.8, 4) is 5.75 Å². The zero-order chi connectivity index (χ0) is 15.4. The summed E-state index contributed by atoms with van der Waals surface area (Å²) in [5.74, 6) is 2.10. The van der Waals surface area contributed by atoms with Gasteiger partial charge >= 0.3 is 0 Å². The molecule has 0 bridgehead atoms. The van der Waals surface area contributed by atoms with E-state index in [-0.39, 0.29) is 6.04 Å². The normalized spacial score (nSPS) is 17.2. The molecule has 3 nitrogen and oxygen atoms in total. The third-order valence-corrected chi connectivity index (χ3v) is 3.79. The van der Waals surface area contributed by atoms with Gasteiger partial charge in [-0.2, -0.15) is 0 Å². The van der Waals surface area contributed by atoms with E-state index in [2.05, 4.69) is 31.0 Å². The minimum atomic E-state index is 0.268. The van der Waals surface area contributed by atoms with E-state index in [4.69, 9.17) is 9.47 Å². The molecule has 2 aromatic carbocycles. The maximum absolute atomic E-state index is 5.79. The van der Waals surface area contributed by atoms with Crippen molar-refractivity contribution >= 4 is 5.90 Å². The Morgan fingerprint density at radius 1 is 1.09 bits per heavy atom. The first-order chi connectivity index (χ1) is 10.7. The maximum atomic E-state index is 5.79. The molecule has 114 valence electrons. The Morgan fingerprint density at radius 2 is 1.82 bits per heavy atom. The van der Waals surface area contributed by atoms with Crippen molar-refractivity contribution in [2.75, 3.05) is 6.61 Å². The topological polar surface area (TPSA) is 30.8 Å². The van der Waals surface area contributed by atoms with Crippen LogP contribution in [0.15, 0.2) is 59.6 Å². The molecule has 0 aromatic heterocycles. The third kappa shape index (κ3) is 3.48. The number of benzene rings is 2. The molecule has 3 heteroatoms. The molecule has 0 amide bonds. The fourth-order valence-corrected chi connectivity index (χ4v) is 2.32. The average molecular weight is 295 g/mol. The van der Waals surface area contributed by atoms with Crippen LogP contribution in [0.2, 0.25) is 0 Å². The van der Waals surface area contributed by atoms with Crippen molar-refractivity contribution in [3.05, 3.63) is 65.7 Å². The van der Waals surface area contributed by atoms with Gasteiger partial charge in [-0.05, 0) is 35.7 Å². The molecule has 3 rings (SSSR count). The van der Waals surface area contributed by atoms with Gasteiger partial charge in [0.15, 0.2) is 0 Å². The number of aliphatic imine (C=N–C) groups is 1.